The second-order valence-electron chi connectivity index (χ2n) is 4.40. The van der Waals surface area contributed by atoms with Gasteiger partial charge in [0.05, 0.1) is 0 Å². The topological polar surface area (TPSA) is 326 Å². The second kappa shape index (κ2) is 17.4. The van der Waals surface area contributed by atoms with Crippen LogP contribution in [0.25, 0.3) is 0 Å². The number of hydrogen-bond acceptors (Lipinski definition) is 23. The van der Waals surface area contributed by atoms with E-state index in [-0.39, 0.29) is 16.1 Å². The molecule has 0 aromatic heterocycles. The summed E-state index contributed by atoms with van der Waals surface area (Å²) in [6.07, 6.45) is 0. The Morgan fingerprint density at radius 3 is 2.15 bits per heavy atom. The number of halogens is 4. The van der Waals surface area contributed by atoms with Crippen LogP contribution in [-0.4, -0.2) is 52.6 Å². The first kappa shape index (κ1) is 34.9. The summed E-state index contributed by atoms with van der Waals surface area (Å²) in [4.78, 5) is 33.5. The third-order valence-electron chi connectivity index (χ3n) is 1.95. The molecule has 0 radical (unpaired) electrons. The molecule has 0 aromatic carbocycles. The predicted molar refractivity (Wildman–Crippen MR) is 96.1 cm³/mol. The van der Waals surface area contributed by atoms with E-state index in [1.165, 1.54) is 30.1 Å². The summed E-state index contributed by atoms with van der Waals surface area (Å²) in [5, 5.41) is 4.55. The quantitative estimate of drug-likeness (QED) is 0.0137. The predicted octanol–water partition coefficient (Wildman–Crippen LogP) is -11.4. The number of hydroxylamine groups is 2. The van der Waals surface area contributed by atoms with E-state index in [1.807, 2.05) is 4.93 Å². The van der Waals surface area contributed by atoms with Gasteiger partial charge in [-0.3, -0.25) is 0 Å². The number of quaternary nitrogens is 3. The zero-order valence-electron chi connectivity index (χ0n) is 16.3. The zero-order chi connectivity index (χ0) is 25.7. The van der Waals surface area contributed by atoms with Gasteiger partial charge in [-0.25, -0.2) is 0 Å². The third kappa shape index (κ3) is 15.7. The Labute approximate surface area is 233 Å². The molecule has 0 amide bonds. The fourth-order valence-corrected chi connectivity index (χ4v) is 4.47. The number of nitrogens with one attached hydrogen (secondary N) is 1. The fourth-order valence-electron chi connectivity index (χ4n) is 1.03. The summed E-state index contributed by atoms with van der Waals surface area (Å²) >= 11 is 0.363. The molecule has 0 saturated heterocycles. The van der Waals surface area contributed by atoms with Crippen molar-refractivity contribution < 1.29 is 111 Å². The Bertz CT molecular complexity index is 534. The Morgan fingerprint density at radius 1 is 1.06 bits per heavy atom. The van der Waals surface area contributed by atoms with Gasteiger partial charge < -0.3 is 0 Å². The average molecular weight is 955 g/mol. The van der Waals surface area contributed by atoms with Crippen LogP contribution in [-0.2, 0) is 47.0 Å². The van der Waals surface area contributed by atoms with Crippen LogP contribution in [0, 0.1) is 0 Å². The molecule has 0 spiro atoms. The van der Waals surface area contributed by atoms with Crippen molar-refractivity contribution in [3.63, 3.8) is 0 Å². The van der Waals surface area contributed by atoms with Gasteiger partial charge >= 0.3 is 235 Å². The van der Waals surface area contributed by atoms with E-state index in [0.29, 0.717) is 0 Å². The zero-order valence-corrected chi connectivity index (χ0v) is 24.9. The fraction of sp³-hybridized carbons (Fsp3) is 1.00. The van der Waals surface area contributed by atoms with Crippen molar-refractivity contribution in [3.05, 3.63) is 0 Å². The first-order chi connectivity index (χ1) is 15.3. The third-order valence-corrected chi connectivity index (χ3v) is 6.76. The molecule has 4 unspecified atom stereocenters. The van der Waals surface area contributed by atoms with Gasteiger partial charge in [0.2, 0.25) is 0 Å². The van der Waals surface area contributed by atoms with Crippen molar-refractivity contribution in [2.75, 3.05) is 12.0 Å². The minimum atomic E-state index is -2.28. The number of rotatable bonds is 20. The molecule has 0 saturated carbocycles. The molecule has 16 N–H and O–H groups in total. The van der Waals surface area contributed by atoms with Gasteiger partial charge in [-0.1, -0.05) is 0 Å². The van der Waals surface area contributed by atoms with Gasteiger partial charge in [-0.15, -0.1) is 0 Å². The molecule has 30 heteroatoms. The van der Waals surface area contributed by atoms with Crippen molar-refractivity contribution >= 4 is 46.0 Å². The van der Waals surface area contributed by atoms with Crippen molar-refractivity contribution in [2.24, 2.45) is 41.0 Å². The molecule has 26 nitrogen and oxygen atoms in total. The standard InChI is InChI=1S/C3H23I4N14O12/c1-6-3(24-19(2,11)26-5)23-7-27-16(9)30-21(13,32-18(22)25-4)33-20(12,29-15-8)31-17(10)28-14/h3,15,22H,8-14H2,1-2H3/q+1. The number of hydrogen-bond donors (Lipinski definition) is 9. The molecule has 204 valence electrons. The van der Waals surface area contributed by atoms with Gasteiger partial charge in [0.1, 0.15) is 0 Å². The van der Waals surface area contributed by atoms with Gasteiger partial charge in [-0.2, -0.15) is 0 Å². The molecule has 0 heterocycles. The minimum absolute atomic E-state index is 0.0739. The summed E-state index contributed by atoms with van der Waals surface area (Å²) in [6, 6.07) is 0. The van der Waals surface area contributed by atoms with Crippen molar-refractivity contribution in [1.29, 1.82) is 0 Å². The van der Waals surface area contributed by atoms with Crippen molar-refractivity contribution in [2.45, 2.75) is 4.30 Å². The molecule has 0 aliphatic carbocycles. The molecule has 0 bridgehead atoms. The second-order valence-corrected chi connectivity index (χ2v) is 8.71. The molecule has 0 rings (SSSR count). The van der Waals surface area contributed by atoms with Gasteiger partial charge in [-0.05, 0) is 0 Å². The maximum absolute atomic E-state index is 9.39. The van der Waals surface area contributed by atoms with E-state index in [1.54, 1.807) is 28.6 Å². The van der Waals surface area contributed by atoms with Gasteiger partial charge in [0.25, 0.3) is 0 Å². The number of nitrogens with two attached hydrogens (primary N) is 7. The van der Waals surface area contributed by atoms with Gasteiger partial charge in [0.15, 0.2) is 0 Å². The Morgan fingerprint density at radius 2 is 1.67 bits per heavy atom. The van der Waals surface area contributed by atoms with Crippen LogP contribution >= 0.6 is 46.0 Å². The van der Waals surface area contributed by atoms with E-state index in [0.717, 1.165) is 0 Å². The van der Waals surface area contributed by atoms with Crippen molar-refractivity contribution in [1.82, 2.24) is 21.6 Å². The SMILES string of the molecule is C[I-]C(O[I-]ON(N)O[N+](N)(ON(O)OI)O[N+](N)(ONN)ON(N)ON)O[N+](C)(N)OI. The number of alkyl halides is 2. The van der Waals surface area contributed by atoms with Crippen LogP contribution in [0.1, 0.15) is 0 Å². The Balaban J connectivity index is 5.19. The molecular formula is C3H23I4N14O12+. The first-order valence-corrected chi connectivity index (χ1v) is 13.8. The van der Waals surface area contributed by atoms with Crippen LogP contribution in [0.3, 0.4) is 0 Å². The Kier molecular flexibility index (Phi) is 18.4. The average Bonchev–Trinajstić information content (AvgIpc) is 2.71. The van der Waals surface area contributed by atoms with E-state index < -0.39 is 62.6 Å². The molecule has 4 atom stereocenters. The monoisotopic (exact) mass is 955 g/mol. The van der Waals surface area contributed by atoms with Gasteiger partial charge in [0, 0.05) is 0 Å². The van der Waals surface area contributed by atoms with E-state index in [4.69, 9.17) is 65.1 Å². The van der Waals surface area contributed by atoms with E-state index in [9.17, 15) is 5.21 Å². The molecule has 0 aromatic rings. The Hall–Kier alpha value is 1.88. The molecule has 33 heavy (non-hydrogen) atoms. The van der Waals surface area contributed by atoms with Crippen LogP contribution in [0.5, 0.6) is 0 Å². The maximum atomic E-state index is 9.39. The van der Waals surface area contributed by atoms with Crippen LogP contribution in [0.15, 0.2) is 0 Å². The number of hydrazine groups is 3. The summed E-state index contributed by atoms with van der Waals surface area (Å²) in [7, 11) is 1.40. The first-order valence-electron chi connectivity index (χ1n) is 6.91. The molecular weight excluding hydrogens is 932 g/mol. The van der Waals surface area contributed by atoms with Crippen LogP contribution in [0.4, 0.5) is 0 Å². The number of nitrogens with zero attached hydrogens (tertiary/aromatic N) is 6. The van der Waals surface area contributed by atoms with Crippen LogP contribution in [0.2, 0.25) is 0 Å². The van der Waals surface area contributed by atoms with E-state index in [2.05, 4.69) is 22.9 Å². The van der Waals surface area contributed by atoms with E-state index >= 15 is 0 Å². The molecule has 0 fully saturated rings. The van der Waals surface area contributed by atoms with Crippen LogP contribution < -0.4 is 89.8 Å². The molecule has 0 aliphatic rings. The summed E-state index contributed by atoms with van der Waals surface area (Å²) in [5.74, 6) is 37.1. The van der Waals surface area contributed by atoms with Crippen molar-refractivity contribution in [3.8, 4) is 0 Å². The summed E-state index contributed by atoms with van der Waals surface area (Å²) < 4.78 is 18.7. The summed E-state index contributed by atoms with van der Waals surface area (Å²) in [5.41, 5.74) is 1.57. The molecule has 0 aliphatic heterocycles. The summed E-state index contributed by atoms with van der Waals surface area (Å²) in [6.45, 7) is 0. The normalized spacial score (nSPS) is 19.2.